The number of carbonyl (C=O) groups is 2. The Balaban J connectivity index is 2.08. The Morgan fingerprint density at radius 2 is 1.33 bits per heavy atom. The number of benzene rings is 2. The fourth-order valence-corrected chi connectivity index (χ4v) is 1.99. The van der Waals surface area contributed by atoms with Gasteiger partial charge in [-0.1, -0.05) is 30.3 Å². The van der Waals surface area contributed by atoms with E-state index >= 15 is 0 Å². The third-order valence-electron chi connectivity index (χ3n) is 2.99. The van der Waals surface area contributed by atoms with Crippen LogP contribution in [0.25, 0.3) is 0 Å². The predicted molar refractivity (Wildman–Crippen MR) is 77.3 cm³/mol. The number of hydrogen-bond acceptors (Lipinski definition) is 3. The molecule has 3 N–H and O–H groups in total. The van der Waals surface area contributed by atoms with Gasteiger partial charge in [0.05, 0.1) is 11.1 Å². The standard InChI is InChI=1S/C16H15NO4/c18-15(19)13-6-12(7-14(8-13)16(20)21)10-17-9-11-4-2-1-3-5-11/h1-8,17H,9-10H2,(H,18,19)(H,20,21). The molecule has 2 aromatic carbocycles. The molecule has 0 aliphatic heterocycles. The van der Waals surface area contributed by atoms with Crippen molar-refractivity contribution < 1.29 is 19.8 Å². The van der Waals surface area contributed by atoms with E-state index in [4.69, 9.17) is 10.2 Å². The molecule has 0 heterocycles. The molecule has 0 aliphatic carbocycles. The van der Waals surface area contributed by atoms with Gasteiger partial charge in [0.25, 0.3) is 0 Å². The van der Waals surface area contributed by atoms with Gasteiger partial charge in [-0.3, -0.25) is 0 Å². The lowest BCUT2D eigenvalue weighted by Crippen LogP contribution is -2.14. The van der Waals surface area contributed by atoms with Crippen LogP contribution in [0.5, 0.6) is 0 Å². The first kappa shape index (κ1) is 14.7. The molecular weight excluding hydrogens is 270 g/mol. The predicted octanol–water partition coefficient (Wildman–Crippen LogP) is 2.37. The van der Waals surface area contributed by atoms with Gasteiger partial charge < -0.3 is 15.5 Å². The molecule has 0 radical (unpaired) electrons. The fourth-order valence-electron chi connectivity index (χ4n) is 1.99. The molecule has 2 rings (SSSR count). The SMILES string of the molecule is O=C(O)c1cc(CNCc2ccccc2)cc(C(=O)O)c1. The molecule has 0 amide bonds. The summed E-state index contributed by atoms with van der Waals surface area (Å²) >= 11 is 0. The van der Waals surface area contributed by atoms with Gasteiger partial charge in [-0.05, 0) is 29.3 Å². The van der Waals surface area contributed by atoms with Crippen LogP contribution in [0.4, 0.5) is 0 Å². The molecule has 108 valence electrons. The van der Waals surface area contributed by atoms with Crippen LogP contribution < -0.4 is 5.32 Å². The summed E-state index contributed by atoms with van der Waals surface area (Å²) < 4.78 is 0. The Morgan fingerprint density at radius 3 is 1.86 bits per heavy atom. The second-order valence-corrected chi connectivity index (χ2v) is 4.62. The number of carboxylic acids is 2. The number of hydrogen-bond donors (Lipinski definition) is 3. The Hall–Kier alpha value is -2.66. The quantitative estimate of drug-likeness (QED) is 0.758. The Morgan fingerprint density at radius 1 is 0.810 bits per heavy atom. The van der Waals surface area contributed by atoms with E-state index in [-0.39, 0.29) is 11.1 Å². The summed E-state index contributed by atoms with van der Waals surface area (Å²) in [6.07, 6.45) is 0. The van der Waals surface area contributed by atoms with Gasteiger partial charge in [0.1, 0.15) is 0 Å². The Kier molecular flexibility index (Phi) is 4.68. The number of nitrogens with one attached hydrogen (secondary N) is 1. The minimum Gasteiger partial charge on any atom is -0.478 e. The molecule has 21 heavy (non-hydrogen) atoms. The van der Waals surface area contributed by atoms with E-state index in [0.717, 1.165) is 11.6 Å². The molecule has 0 bridgehead atoms. The highest BCUT2D eigenvalue weighted by molar-refractivity contribution is 5.94. The van der Waals surface area contributed by atoms with Crippen LogP contribution in [0.2, 0.25) is 0 Å². The van der Waals surface area contributed by atoms with Gasteiger partial charge in [0, 0.05) is 13.1 Å². The zero-order valence-electron chi connectivity index (χ0n) is 11.2. The second-order valence-electron chi connectivity index (χ2n) is 4.62. The van der Waals surface area contributed by atoms with E-state index in [1.165, 1.54) is 12.1 Å². The normalized spacial score (nSPS) is 10.3. The molecule has 0 saturated carbocycles. The van der Waals surface area contributed by atoms with Crippen molar-refractivity contribution in [1.29, 1.82) is 0 Å². The van der Waals surface area contributed by atoms with Crippen molar-refractivity contribution in [2.24, 2.45) is 0 Å². The number of aromatic carboxylic acids is 2. The van der Waals surface area contributed by atoms with E-state index in [2.05, 4.69) is 5.32 Å². The number of rotatable bonds is 6. The first-order chi connectivity index (χ1) is 10.1. The topological polar surface area (TPSA) is 86.6 Å². The van der Waals surface area contributed by atoms with Crippen molar-refractivity contribution in [1.82, 2.24) is 5.32 Å². The monoisotopic (exact) mass is 285 g/mol. The zero-order valence-corrected chi connectivity index (χ0v) is 11.2. The third-order valence-corrected chi connectivity index (χ3v) is 2.99. The summed E-state index contributed by atoms with van der Waals surface area (Å²) in [5.41, 5.74) is 1.69. The first-order valence-electron chi connectivity index (χ1n) is 6.41. The van der Waals surface area contributed by atoms with Gasteiger partial charge in [0.15, 0.2) is 0 Å². The highest BCUT2D eigenvalue weighted by Crippen LogP contribution is 2.11. The molecule has 0 saturated heterocycles. The van der Waals surface area contributed by atoms with E-state index in [9.17, 15) is 9.59 Å². The van der Waals surface area contributed by atoms with Crippen LogP contribution >= 0.6 is 0 Å². The fraction of sp³-hybridized carbons (Fsp3) is 0.125. The molecule has 0 aromatic heterocycles. The van der Waals surface area contributed by atoms with Gasteiger partial charge >= 0.3 is 11.9 Å². The van der Waals surface area contributed by atoms with E-state index in [1.54, 1.807) is 0 Å². The summed E-state index contributed by atoms with van der Waals surface area (Å²) in [6, 6.07) is 13.9. The molecule has 0 fully saturated rings. The van der Waals surface area contributed by atoms with Crippen molar-refractivity contribution in [3.63, 3.8) is 0 Å². The minimum atomic E-state index is -1.14. The van der Waals surface area contributed by atoms with Gasteiger partial charge in [-0.15, -0.1) is 0 Å². The van der Waals surface area contributed by atoms with Gasteiger partial charge in [-0.2, -0.15) is 0 Å². The van der Waals surface area contributed by atoms with Crippen molar-refractivity contribution in [3.8, 4) is 0 Å². The van der Waals surface area contributed by atoms with Gasteiger partial charge in [-0.25, -0.2) is 9.59 Å². The van der Waals surface area contributed by atoms with Gasteiger partial charge in [0.2, 0.25) is 0 Å². The highest BCUT2D eigenvalue weighted by atomic mass is 16.4. The van der Waals surface area contributed by atoms with Crippen LogP contribution in [0, 0.1) is 0 Å². The van der Waals surface area contributed by atoms with Crippen molar-refractivity contribution in [2.75, 3.05) is 0 Å². The van der Waals surface area contributed by atoms with E-state index in [0.29, 0.717) is 18.7 Å². The van der Waals surface area contributed by atoms with Crippen molar-refractivity contribution in [2.45, 2.75) is 13.1 Å². The molecule has 0 unspecified atom stereocenters. The third kappa shape index (κ3) is 4.15. The lowest BCUT2D eigenvalue weighted by Gasteiger charge is -2.07. The van der Waals surface area contributed by atoms with Crippen molar-refractivity contribution in [3.05, 3.63) is 70.8 Å². The summed E-state index contributed by atoms with van der Waals surface area (Å²) in [5.74, 6) is -2.27. The van der Waals surface area contributed by atoms with Crippen LogP contribution in [-0.2, 0) is 13.1 Å². The average Bonchev–Trinajstić information content (AvgIpc) is 2.48. The van der Waals surface area contributed by atoms with Crippen molar-refractivity contribution >= 4 is 11.9 Å². The van der Waals surface area contributed by atoms with Crippen LogP contribution in [0.3, 0.4) is 0 Å². The maximum atomic E-state index is 11.0. The minimum absolute atomic E-state index is 0.0218. The number of carboxylic acid groups (broad SMARTS) is 2. The maximum absolute atomic E-state index is 11.0. The summed E-state index contributed by atoms with van der Waals surface area (Å²) in [5, 5.41) is 21.2. The molecular formula is C16H15NO4. The highest BCUT2D eigenvalue weighted by Gasteiger charge is 2.11. The second kappa shape index (κ2) is 6.67. The lowest BCUT2D eigenvalue weighted by molar-refractivity contribution is 0.0696. The van der Waals surface area contributed by atoms with E-state index in [1.807, 2.05) is 30.3 Å². The average molecular weight is 285 g/mol. The lowest BCUT2D eigenvalue weighted by atomic mass is 10.1. The molecule has 0 atom stereocenters. The molecule has 0 aliphatic rings. The molecule has 5 nitrogen and oxygen atoms in total. The Labute approximate surface area is 121 Å². The van der Waals surface area contributed by atoms with Crippen LogP contribution in [0.15, 0.2) is 48.5 Å². The van der Waals surface area contributed by atoms with Crippen LogP contribution in [-0.4, -0.2) is 22.2 Å². The summed E-state index contributed by atoms with van der Waals surface area (Å²) in [6.45, 7) is 1.02. The smallest absolute Gasteiger partial charge is 0.335 e. The Bertz CT molecular complexity index is 620. The van der Waals surface area contributed by atoms with Crippen LogP contribution in [0.1, 0.15) is 31.8 Å². The first-order valence-corrected chi connectivity index (χ1v) is 6.41. The molecule has 0 spiro atoms. The van der Waals surface area contributed by atoms with E-state index < -0.39 is 11.9 Å². The zero-order chi connectivity index (χ0) is 15.2. The largest absolute Gasteiger partial charge is 0.478 e. The summed E-state index contributed by atoms with van der Waals surface area (Å²) in [7, 11) is 0. The molecule has 5 heteroatoms. The summed E-state index contributed by atoms with van der Waals surface area (Å²) in [4.78, 5) is 22.0. The maximum Gasteiger partial charge on any atom is 0.335 e. The molecule has 2 aromatic rings.